The average Bonchev–Trinajstić information content (AvgIpc) is 2.38. The van der Waals surface area contributed by atoms with Crippen LogP contribution < -0.4 is 10.5 Å². The molecule has 1 aromatic carbocycles. The Morgan fingerprint density at radius 1 is 1.35 bits per heavy atom. The predicted molar refractivity (Wildman–Crippen MR) is 64.4 cm³/mol. The number of hydrogen-bond donors (Lipinski definition) is 2. The van der Waals surface area contributed by atoms with Crippen molar-refractivity contribution in [3.05, 3.63) is 36.0 Å². The van der Waals surface area contributed by atoms with Crippen LogP contribution in [0.2, 0.25) is 0 Å². The summed E-state index contributed by atoms with van der Waals surface area (Å²) in [5.41, 5.74) is 7.00. The molecule has 17 heavy (non-hydrogen) atoms. The first-order valence-electron chi connectivity index (χ1n) is 5.12. The first-order valence-corrected chi connectivity index (χ1v) is 5.12. The first-order chi connectivity index (χ1) is 8.26. The Morgan fingerprint density at radius 3 is 2.76 bits per heavy atom. The summed E-state index contributed by atoms with van der Waals surface area (Å²) in [6.07, 6.45) is 1.52. The summed E-state index contributed by atoms with van der Waals surface area (Å²) in [5, 5.41) is 9.00. The number of benzene rings is 1. The van der Waals surface area contributed by atoms with Gasteiger partial charge >= 0.3 is 0 Å². The number of nitrogens with zero attached hydrogens (tertiary/aromatic N) is 2. The number of ether oxygens (including phenoxy) is 1. The van der Waals surface area contributed by atoms with Crippen molar-refractivity contribution in [2.24, 2.45) is 0 Å². The zero-order valence-corrected chi connectivity index (χ0v) is 9.42. The van der Waals surface area contributed by atoms with Crippen molar-refractivity contribution < 1.29 is 9.84 Å². The van der Waals surface area contributed by atoms with E-state index in [1.54, 1.807) is 7.11 Å². The predicted octanol–water partition coefficient (Wildman–Crippen LogP) is 1.23. The van der Waals surface area contributed by atoms with Crippen LogP contribution in [-0.4, -0.2) is 22.2 Å². The van der Waals surface area contributed by atoms with Crippen LogP contribution in [0, 0.1) is 0 Å². The van der Waals surface area contributed by atoms with Crippen LogP contribution >= 0.6 is 0 Å². The second-order valence-corrected chi connectivity index (χ2v) is 3.46. The number of aliphatic hydroxyl groups excluding tert-OH is 1. The summed E-state index contributed by atoms with van der Waals surface area (Å²) in [6.45, 7) is -0.169. The van der Waals surface area contributed by atoms with Crippen molar-refractivity contribution >= 4 is 5.82 Å². The maximum absolute atomic E-state index is 9.00. The van der Waals surface area contributed by atoms with Gasteiger partial charge in [0.15, 0.2) is 5.82 Å². The smallest absolute Gasteiger partial charge is 0.165 e. The maximum Gasteiger partial charge on any atom is 0.165 e. The summed E-state index contributed by atoms with van der Waals surface area (Å²) in [5.74, 6) is 1.45. The van der Waals surface area contributed by atoms with E-state index in [1.165, 1.54) is 6.20 Å². The summed E-state index contributed by atoms with van der Waals surface area (Å²) < 4.78 is 5.23. The second kappa shape index (κ2) is 4.80. The van der Waals surface area contributed by atoms with Gasteiger partial charge in [0.1, 0.15) is 11.6 Å². The molecular weight excluding hydrogens is 218 g/mol. The molecule has 5 nitrogen and oxygen atoms in total. The van der Waals surface area contributed by atoms with Gasteiger partial charge < -0.3 is 15.6 Å². The molecule has 2 aromatic rings. The molecule has 5 heteroatoms. The number of nitrogens with two attached hydrogens (primary N) is 1. The molecule has 1 heterocycles. The fourth-order valence-electron chi connectivity index (χ4n) is 1.50. The minimum atomic E-state index is -0.169. The number of hydrogen-bond acceptors (Lipinski definition) is 5. The van der Waals surface area contributed by atoms with Gasteiger partial charge in [-0.05, 0) is 12.1 Å². The van der Waals surface area contributed by atoms with Crippen LogP contribution in [0.15, 0.2) is 30.5 Å². The highest BCUT2D eigenvalue weighted by atomic mass is 16.5. The molecule has 0 saturated heterocycles. The Labute approximate surface area is 98.9 Å². The van der Waals surface area contributed by atoms with Gasteiger partial charge in [0.25, 0.3) is 0 Å². The standard InChI is InChI=1S/C12H13N3O2/c1-17-10-5-3-2-4-9(10)12-14-6-8(7-16)11(13)15-12/h2-6,16H,7H2,1H3,(H2,13,14,15). The normalized spacial score (nSPS) is 10.2. The van der Waals surface area contributed by atoms with Gasteiger partial charge in [-0.1, -0.05) is 12.1 Å². The molecule has 0 unspecified atom stereocenters. The molecule has 88 valence electrons. The van der Waals surface area contributed by atoms with E-state index in [1.807, 2.05) is 24.3 Å². The van der Waals surface area contributed by atoms with Crippen molar-refractivity contribution in [3.63, 3.8) is 0 Å². The van der Waals surface area contributed by atoms with Crippen LogP contribution in [0.5, 0.6) is 5.75 Å². The number of para-hydroxylation sites is 1. The molecular formula is C12H13N3O2. The summed E-state index contributed by atoms with van der Waals surface area (Å²) in [4.78, 5) is 8.31. The molecule has 3 N–H and O–H groups in total. The topological polar surface area (TPSA) is 81.3 Å². The van der Waals surface area contributed by atoms with Crippen molar-refractivity contribution in [3.8, 4) is 17.1 Å². The third-order valence-corrected chi connectivity index (χ3v) is 2.42. The fraction of sp³-hybridized carbons (Fsp3) is 0.167. The molecule has 0 aliphatic rings. The van der Waals surface area contributed by atoms with E-state index in [2.05, 4.69) is 9.97 Å². The van der Waals surface area contributed by atoms with Crippen molar-refractivity contribution in [2.75, 3.05) is 12.8 Å². The highest BCUT2D eigenvalue weighted by Gasteiger charge is 2.09. The molecule has 2 rings (SSSR count). The van der Waals surface area contributed by atoms with Gasteiger partial charge in [-0.25, -0.2) is 9.97 Å². The highest BCUT2D eigenvalue weighted by Crippen LogP contribution is 2.27. The number of aliphatic hydroxyl groups is 1. The molecule has 0 spiro atoms. The third-order valence-electron chi connectivity index (χ3n) is 2.42. The van der Waals surface area contributed by atoms with Crippen LogP contribution in [0.4, 0.5) is 5.82 Å². The van der Waals surface area contributed by atoms with Crippen LogP contribution in [0.1, 0.15) is 5.56 Å². The van der Waals surface area contributed by atoms with Crippen molar-refractivity contribution in [1.82, 2.24) is 9.97 Å². The van der Waals surface area contributed by atoms with Crippen molar-refractivity contribution in [2.45, 2.75) is 6.61 Å². The SMILES string of the molecule is COc1ccccc1-c1ncc(CO)c(N)n1. The lowest BCUT2D eigenvalue weighted by Gasteiger charge is -2.08. The van der Waals surface area contributed by atoms with Gasteiger partial charge in [-0.2, -0.15) is 0 Å². The molecule has 0 atom stereocenters. The maximum atomic E-state index is 9.00. The lowest BCUT2D eigenvalue weighted by molar-refractivity contribution is 0.281. The lowest BCUT2D eigenvalue weighted by Crippen LogP contribution is -2.02. The fourth-order valence-corrected chi connectivity index (χ4v) is 1.50. The summed E-state index contributed by atoms with van der Waals surface area (Å²) in [7, 11) is 1.59. The van der Waals surface area contributed by atoms with Gasteiger partial charge in [0, 0.05) is 11.8 Å². The Morgan fingerprint density at radius 2 is 2.12 bits per heavy atom. The van der Waals surface area contributed by atoms with E-state index in [-0.39, 0.29) is 12.4 Å². The molecule has 0 amide bonds. The van der Waals surface area contributed by atoms with Crippen LogP contribution in [0.25, 0.3) is 11.4 Å². The van der Waals surface area contributed by atoms with E-state index in [4.69, 9.17) is 15.6 Å². The Bertz CT molecular complexity index is 529. The number of methoxy groups -OCH3 is 1. The van der Waals surface area contributed by atoms with Gasteiger partial charge in [0.05, 0.1) is 19.3 Å². The Hall–Kier alpha value is -2.14. The Kier molecular flexibility index (Phi) is 3.20. The zero-order chi connectivity index (χ0) is 12.3. The van der Waals surface area contributed by atoms with Gasteiger partial charge in [-0.15, -0.1) is 0 Å². The first kappa shape index (κ1) is 11.3. The van der Waals surface area contributed by atoms with Gasteiger partial charge in [-0.3, -0.25) is 0 Å². The number of rotatable bonds is 3. The van der Waals surface area contributed by atoms with E-state index in [0.29, 0.717) is 17.1 Å². The zero-order valence-electron chi connectivity index (χ0n) is 9.42. The molecule has 1 aromatic heterocycles. The minimum Gasteiger partial charge on any atom is -0.496 e. The average molecular weight is 231 g/mol. The van der Waals surface area contributed by atoms with Crippen molar-refractivity contribution in [1.29, 1.82) is 0 Å². The number of aromatic nitrogens is 2. The lowest BCUT2D eigenvalue weighted by atomic mass is 10.2. The number of nitrogen functional groups attached to an aromatic ring is 1. The third kappa shape index (κ3) is 2.19. The highest BCUT2D eigenvalue weighted by molar-refractivity contribution is 5.65. The van der Waals surface area contributed by atoms with Gasteiger partial charge in [0.2, 0.25) is 0 Å². The number of anilines is 1. The molecule has 0 aliphatic heterocycles. The summed E-state index contributed by atoms with van der Waals surface area (Å²) >= 11 is 0. The Balaban J connectivity index is 2.49. The molecule has 0 saturated carbocycles. The van der Waals surface area contributed by atoms with Crippen LogP contribution in [-0.2, 0) is 6.61 Å². The largest absolute Gasteiger partial charge is 0.496 e. The van der Waals surface area contributed by atoms with E-state index >= 15 is 0 Å². The van der Waals surface area contributed by atoms with E-state index < -0.39 is 0 Å². The minimum absolute atomic E-state index is 0.169. The molecule has 0 fully saturated rings. The molecule has 0 radical (unpaired) electrons. The quantitative estimate of drug-likeness (QED) is 0.830. The van der Waals surface area contributed by atoms with E-state index in [0.717, 1.165) is 5.56 Å². The monoisotopic (exact) mass is 231 g/mol. The van der Waals surface area contributed by atoms with E-state index in [9.17, 15) is 0 Å². The summed E-state index contributed by atoms with van der Waals surface area (Å²) in [6, 6.07) is 7.42. The molecule has 0 bridgehead atoms. The second-order valence-electron chi connectivity index (χ2n) is 3.46. The van der Waals surface area contributed by atoms with Crippen LogP contribution in [0.3, 0.4) is 0 Å². The molecule has 0 aliphatic carbocycles.